The molecule has 3 nitrogen and oxygen atoms in total. The summed E-state index contributed by atoms with van der Waals surface area (Å²) in [5.74, 6) is 5.45. The van der Waals surface area contributed by atoms with Gasteiger partial charge in [-0.15, -0.1) is 0 Å². The van der Waals surface area contributed by atoms with E-state index in [0.29, 0.717) is 0 Å². The number of hydrazine groups is 1. The predicted octanol–water partition coefficient (Wildman–Crippen LogP) is 2.88. The number of ether oxygens (including phenoxy) is 1. The number of alkyl halides is 3. The van der Waals surface area contributed by atoms with Gasteiger partial charge >= 0.3 is 6.18 Å². The van der Waals surface area contributed by atoms with E-state index in [0.717, 1.165) is 6.07 Å². The van der Waals surface area contributed by atoms with Crippen molar-refractivity contribution in [3.05, 3.63) is 35.4 Å². The van der Waals surface area contributed by atoms with Crippen molar-refractivity contribution in [3.8, 4) is 0 Å². The van der Waals surface area contributed by atoms with E-state index >= 15 is 0 Å². The van der Waals surface area contributed by atoms with Crippen LogP contribution in [0, 0.1) is 5.92 Å². The normalized spacial score (nSPS) is 15.6. The number of hydrogen-bond acceptors (Lipinski definition) is 3. The molecule has 2 unspecified atom stereocenters. The highest BCUT2D eigenvalue weighted by atomic mass is 19.4. The minimum atomic E-state index is -4.42. The molecule has 1 aromatic rings. The number of benzene rings is 1. The largest absolute Gasteiger partial charge is 0.416 e. The summed E-state index contributed by atoms with van der Waals surface area (Å²) in [5, 5.41) is 0. The third-order valence-corrected chi connectivity index (χ3v) is 3.04. The van der Waals surface area contributed by atoms with Crippen molar-refractivity contribution in [1.29, 1.82) is 0 Å². The van der Waals surface area contributed by atoms with Gasteiger partial charge in [0.05, 0.1) is 17.7 Å². The average molecular weight is 276 g/mol. The van der Waals surface area contributed by atoms with Crippen LogP contribution in [-0.2, 0) is 10.9 Å². The maximum absolute atomic E-state index is 13.0. The lowest BCUT2D eigenvalue weighted by Gasteiger charge is -2.30. The molecule has 19 heavy (non-hydrogen) atoms. The average Bonchev–Trinajstić information content (AvgIpc) is 2.34. The lowest BCUT2D eigenvalue weighted by Crippen LogP contribution is -2.41. The number of nitrogens with two attached hydrogens (primary N) is 1. The number of nitrogens with one attached hydrogen (secondary N) is 1. The van der Waals surface area contributed by atoms with Gasteiger partial charge in [0.2, 0.25) is 0 Å². The standard InChI is InChI=1S/C13H19F3N2O/c1-8(2)12(19-3)11(18-17)9-6-4-5-7-10(9)13(14,15)16/h4-8,11-12,18H,17H2,1-3H3. The molecule has 0 aliphatic carbocycles. The maximum Gasteiger partial charge on any atom is 0.416 e. The zero-order valence-electron chi connectivity index (χ0n) is 11.2. The molecule has 0 fully saturated rings. The summed E-state index contributed by atoms with van der Waals surface area (Å²) in [6, 6.07) is 4.66. The summed E-state index contributed by atoms with van der Waals surface area (Å²) < 4.78 is 44.3. The van der Waals surface area contributed by atoms with Crippen LogP contribution in [0.3, 0.4) is 0 Å². The molecule has 0 spiro atoms. The Labute approximate surface area is 110 Å². The first kappa shape index (κ1) is 15.9. The van der Waals surface area contributed by atoms with Gasteiger partial charge in [0.25, 0.3) is 0 Å². The van der Waals surface area contributed by atoms with E-state index in [1.165, 1.54) is 19.2 Å². The van der Waals surface area contributed by atoms with Crippen LogP contribution in [0.1, 0.15) is 31.0 Å². The predicted molar refractivity (Wildman–Crippen MR) is 67.1 cm³/mol. The smallest absolute Gasteiger partial charge is 0.379 e. The number of hydrogen-bond donors (Lipinski definition) is 2. The molecule has 0 aliphatic heterocycles. The Kier molecular flexibility index (Phi) is 5.34. The Morgan fingerprint density at radius 3 is 2.21 bits per heavy atom. The first-order valence-corrected chi connectivity index (χ1v) is 5.98. The van der Waals surface area contributed by atoms with Crippen molar-refractivity contribution in [3.63, 3.8) is 0 Å². The van der Waals surface area contributed by atoms with Gasteiger partial charge in [0.1, 0.15) is 0 Å². The summed E-state index contributed by atoms with van der Waals surface area (Å²) >= 11 is 0. The molecule has 0 aliphatic rings. The molecule has 0 aromatic heterocycles. The summed E-state index contributed by atoms with van der Waals surface area (Å²) in [6.45, 7) is 3.74. The Hall–Kier alpha value is -1.11. The first-order chi connectivity index (χ1) is 8.82. The van der Waals surface area contributed by atoms with E-state index in [1.54, 1.807) is 6.07 Å². The highest BCUT2D eigenvalue weighted by molar-refractivity contribution is 5.33. The first-order valence-electron chi connectivity index (χ1n) is 5.98. The second-order valence-corrected chi connectivity index (χ2v) is 4.67. The molecule has 0 saturated heterocycles. The third kappa shape index (κ3) is 3.68. The van der Waals surface area contributed by atoms with E-state index in [1.807, 2.05) is 13.8 Å². The summed E-state index contributed by atoms with van der Waals surface area (Å²) in [6.07, 6.45) is -4.87. The molecule has 1 rings (SSSR count). The zero-order valence-corrected chi connectivity index (χ0v) is 11.2. The quantitative estimate of drug-likeness (QED) is 0.642. The third-order valence-electron chi connectivity index (χ3n) is 3.04. The van der Waals surface area contributed by atoms with Crippen LogP contribution in [0.25, 0.3) is 0 Å². The monoisotopic (exact) mass is 276 g/mol. The van der Waals surface area contributed by atoms with Crippen LogP contribution in [-0.4, -0.2) is 13.2 Å². The fourth-order valence-electron chi connectivity index (χ4n) is 2.18. The van der Waals surface area contributed by atoms with Crippen LogP contribution >= 0.6 is 0 Å². The van der Waals surface area contributed by atoms with Crippen LogP contribution in [0.15, 0.2) is 24.3 Å². The zero-order chi connectivity index (χ0) is 14.6. The van der Waals surface area contributed by atoms with Gasteiger partial charge < -0.3 is 4.74 Å². The van der Waals surface area contributed by atoms with Crippen molar-refractivity contribution in [2.75, 3.05) is 7.11 Å². The van der Waals surface area contributed by atoms with Gasteiger partial charge in [-0.2, -0.15) is 13.2 Å². The minimum absolute atomic E-state index is 0.0207. The van der Waals surface area contributed by atoms with Gasteiger partial charge in [-0.05, 0) is 17.5 Å². The molecule has 6 heteroatoms. The molecule has 0 radical (unpaired) electrons. The van der Waals surface area contributed by atoms with E-state index in [9.17, 15) is 13.2 Å². The van der Waals surface area contributed by atoms with Gasteiger partial charge in [-0.3, -0.25) is 11.3 Å². The molecular formula is C13H19F3N2O. The molecule has 1 aromatic carbocycles. The second kappa shape index (κ2) is 6.36. The van der Waals surface area contributed by atoms with Crippen LogP contribution in [0.2, 0.25) is 0 Å². The topological polar surface area (TPSA) is 47.3 Å². The Morgan fingerprint density at radius 2 is 1.79 bits per heavy atom. The van der Waals surface area contributed by atoms with E-state index in [2.05, 4.69) is 5.43 Å². The molecular weight excluding hydrogens is 257 g/mol. The maximum atomic E-state index is 13.0. The number of methoxy groups -OCH3 is 1. The Balaban J connectivity index is 3.26. The molecule has 0 bridgehead atoms. The fraction of sp³-hybridized carbons (Fsp3) is 0.538. The Morgan fingerprint density at radius 1 is 1.21 bits per heavy atom. The lowest BCUT2D eigenvalue weighted by molar-refractivity contribution is -0.138. The van der Waals surface area contributed by atoms with Crippen molar-refractivity contribution >= 4 is 0 Å². The van der Waals surface area contributed by atoms with Gasteiger partial charge in [0.15, 0.2) is 0 Å². The molecule has 3 N–H and O–H groups in total. The van der Waals surface area contributed by atoms with E-state index < -0.39 is 23.9 Å². The molecule has 0 heterocycles. The van der Waals surface area contributed by atoms with Crippen LogP contribution in [0.4, 0.5) is 13.2 Å². The van der Waals surface area contributed by atoms with E-state index in [-0.39, 0.29) is 11.5 Å². The Bertz CT molecular complexity index is 407. The SMILES string of the molecule is COC(C(C)C)C(NN)c1ccccc1C(F)(F)F. The number of halogens is 3. The van der Waals surface area contributed by atoms with Crippen molar-refractivity contribution in [1.82, 2.24) is 5.43 Å². The van der Waals surface area contributed by atoms with Crippen LogP contribution < -0.4 is 11.3 Å². The van der Waals surface area contributed by atoms with Crippen molar-refractivity contribution in [2.24, 2.45) is 11.8 Å². The summed E-state index contributed by atoms with van der Waals surface area (Å²) in [4.78, 5) is 0. The lowest BCUT2D eigenvalue weighted by atomic mass is 9.90. The van der Waals surface area contributed by atoms with Crippen molar-refractivity contribution < 1.29 is 17.9 Å². The summed E-state index contributed by atoms with van der Waals surface area (Å²) in [5.41, 5.74) is 1.84. The molecule has 108 valence electrons. The fourth-order valence-corrected chi connectivity index (χ4v) is 2.18. The molecule has 2 atom stereocenters. The minimum Gasteiger partial charge on any atom is -0.379 e. The van der Waals surface area contributed by atoms with Gasteiger partial charge in [0, 0.05) is 7.11 Å². The summed E-state index contributed by atoms with van der Waals surface area (Å²) in [7, 11) is 1.46. The molecule has 0 amide bonds. The van der Waals surface area contributed by atoms with Crippen LogP contribution in [0.5, 0.6) is 0 Å². The molecule has 0 saturated carbocycles. The highest BCUT2D eigenvalue weighted by Gasteiger charge is 2.37. The van der Waals surface area contributed by atoms with E-state index in [4.69, 9.17) is 10.6 Å². The highest BCUT2D eigenvalue weighted by Crippen LogP contribution is 2.36. The van der Waals surface area contributed by atoms with Gasteiger partial charge in [-0.1, -0.05) is 32.0 Å². The second-order valence-electron chi connectivity index (χ2n) is 4.67. The number of rotatable bonds is 5. The van der Waals surface area contributed by atoms with Crippen molar-refractivity contribution in [2.45, 2.75) is 32.2 Å². The van der Waals surface area contributed by atoms with Gasteiger partial charge in [-0.25, -0.2) is 0 Å².